The number of hydrogen-bond donors (Lipinski definition) is 1. The van der Waals surface area contributed by atoms with Crippen LogP contribution in [0.25, 0.3) is 11.1 Å². The molecule has 9 heteroatoms. The van der Waals surface area contributed by atoms with E-state index in [-0.39, 0.29) is 36.1 Å². The van der Waals surface area contributed by atoms with Crippen LogP contribution in [-0.4, -0.2) is 56.4 Å². The molecule has 0 aliphatic carbocycles. The van der Waals surface area contributed by atoms with Gasteiger partial charge in [0.25, 0.3) is 5.91 Å². The highest BCUT2D eigenvalue weighted by molar-refractivity contribution is 7.91. The predicted molar refractivity (Wildman–Crippen MR) is 190 cm³/mol. The summed E-state index contributed by atoms with van der Waals surface area (Å²) in [4.78, 5) is 21.8. The maximum absolute atomic E-state index is 14.9. The molecule has 8 nitrogen and oxygen atoms in total. The maximum atomic E-state index is 14.9. The average molecular weight is 673 g/mol. The van der Waals surface area contributed by atoms with E-state index in [9.17, 15) is 13.2 Å². The first kappa shape index (κ1) is 32.3. The zero-order chi connectivity index (χ0) is 33.8. The molecule has 2 aliphatic rings. The Morgan fingerprint density at radius 2 is 1.43 bits per heavy atom. The third-order valence-electron chi connectivity index (χ3n) is 9.00. The second kappa shape index (κ2) is 13.7. The van der Waals surface area contributed by atoms with E-state index in [0.717, 1.165) is 22.3 Å². The van der Waals surface area contributed by atoms with Gasteiger partial charge in [-0.25, -0.2) is 13.4 Å². The van der Waals surface area contributed by atoms with Crippen LogP contribution in [-0.2, 0) is 25.8 Å². The van der Waals surface area contributed by atoms with Gasteiger partial charge in [0.2, 0.25) is 5.90 Å². The summed E-state index contributed by atoms with van der Waals surface area (Å²) < 4.78 is 39.1. The van der Waals surface area contributed by atoms with Crippen LogP contribution in [0.3, 0.4) is 0 Å². The molecule has 5 aromatic carbocycles. The number of carbonyl (C=O) groups is 1. The van der Waals surface area contributed by atoms with Crippen molar-refractivity contribution in [2.45, 2.75) is 29.4 Å². The van der Waals surface area contributed by atoms with Gasteiger partial charge in [0.05, 0.1) is 17.3 Å². The third-order valence-corrected chi connectivity index (χ3v) is 10.7. The average Bonchev–Trinajstić information content (AvgIpc) is 3.53. The van der Waals surface area contributed by atoms with Crippen LogP contribution in [0.4, 0.5) is 5.69 Å². The lowest BCUT2D eigenvalue weighted by molar-refractivity contribution is -0.126. The van der Waals surface area contributed by atoms with Crippen molar-refractivity contribution in [3.63, 3.8) is 0 Å². The first-order valence-corrected chi connectivity index (χ1v) is 18.0. The van der Waals surface area contributed by atoms with Crippen LogP contribution in [0.1, 0.15) is 29.2 Å². The number of carbonyl (C=O) groups excluding carboxylic acids is 1. The van der Waals surface area contributed by atoms with Crippen molar-refractivity contribution in [1.82, 2.24) is 0 Å². The molecule has 0 fully saturated rings. The van der Waals surface area contributed by atoms with Gasteiger partial charge in [0, 0.05) is 37.2 Å². The molecule has 0 saturated heterocycles. The minimum absolute atomic E-state index is 0.0424. The Morgan fingerprint density at radius 3 is 2.14 bits per heavy atom. The fourth-order valence-electron chi connectivity index (χ4n) is 6.48. The molecule has 7 rings (SSSR count). The van der Waals surface area contributed by atoms with Crippen molar-refractivity contribution in [2.24, 2.45) is 4.99 Å². The molecule has 248 valence electrons. The molecule has 1 N–H and O–H groups in total. The minimum atomic E-state index is -3.67. The Bertz CT molecular complexity index is 2070. The highest BCUT2D eigenvalue weighted by Gasteiger charge is 2.57. The first-order valence-electron chi connectivity index (χ1n) is 16.3. The van der Waals surface area contributed by atoms with Crippen molar-refractivity contribution in [3.8, 4) is 16.9 Å². The van der Waals surface area contributed by atoms with Gasteiger partial charge in [-0.05, 0) is 64.7 Å². The number of aliphatic hydroxyl groups excluding tert-OH is 1. The number of sulfone groups is 1. The maximum Gasteiger partial charge on any atom is 0.259 e. The number of benzene rings is 5. The Balaban J connectivity index is 1.28. The Kier molecular flexibility index (Phi) is 9.03. The van der Waals surface area contributed by atoms with Crippen LogP contribution in [0.15, 0.2) is 143 Å². The zero-order valence-corrected chi connectivity index (χ0v) is 27.6. The largest absolute Gasteiger partial charge is 0.494 e. The van der Waals surface area contributed by atoms with Crippen molar-refractivity contribution < 1.29 is 27.8 Å². The van der Waals surface area contributed by atoms with Crippen molar-refractivity contribution in [3.05, 3.63) is 150 Å². The van der Waals surface area contributed by atoms with Gasteiger partial charge >= 0.3 is 0 Å². The number of aliphatic hydroxyl groups is 1. The molecule has 1 spiro atoms. The number of hydrogen-bond acceptors (Lipinski definition) is 7. The van der Waals surface area contributed by atoms with Gasteiger partial charge in [-0.2, -0.15) is 0 Å². The smallest absolute Gasteiger partial charge is 0.259 e. The Hall–Kier alpha value is -5.25. The predicted octanol–water partition coefficient (Wildman–Crippen LogP) is 6.43. The van der Waals surface area contributed by atoms with Gasteiger partial charge in [-0.3, -0.25) is 4.79 Å². The van der Waals surface area contributed by atoms with Gasteiger partial charge in [0.1, 0.15) is 5.75 Å². The summed E-state index contributed by atoms with van der Waals surface area (Å²) >= 11 is 0. The van der Waals surface area contributed by atoms with E-state index >= 15 is 0 Å². The highest BCUT2D eigenvalue weighted by atomic mass is 32.2. The molecule has 0 radical (unpaired) electrons. The molecular formula is C40H36N2O6S. The lowest BCUT2D eigenvalue weighted by atomic mass is 9.78. The van der Waals surface area contributed by atoms with Gasteiger partial charge < -0.3 is 19.5 Å². The highest BCUT2D eigenvalue weighted by Crippen LogP contribution is 2.48. The van der Waals surface area contributed by atoms with Crippen LogP contribution in [0.2, 0.25) is 0 Å². The van der Waals surface area contributed by atoms with Crippen LogP contribution < -0.4 is 9.64 Å². The number of para-hydroxylation sites is 1. The number of fused-ring (bicyclic) bond motifs is 1. The third kappa shape index (κ3) is 6.47. The quantitative estimate of drug-likeness (QED) is 0.162. The number of aliphatic imine (C=N–C) groups is 1. The van der Waals surface area contributed by atoms with E-state index in [1.165, 1.54) is 0 Å². The monoisotopic (exact) mass is 672 g/mol. The number of nitrogens with zero attached hydrogens (tertiary/aromatic N) is 2. The lowest BCUT2D eigenvalue weighted by Gasteiger charge is -2.40. The van der Waals surface area contributed by atoms with E-state index in [1.807, 2.05) is 103 Å². The van der Waals surface area contributed by atoms with Crippen LogP contribution in [0.5, 0.6) is 5.75 Å². The molecular weight excluding hydrogens is 637 g/mol. The molecule has 1 amide bonds. The van der Waals surface area contributed by atoms with Crippen molar-refractivity contribution in [1.29, 1.82) is 0 Å². The van der Waals surface area contributed by atoms with Crippen molar-refractivity contribution >= 4 is 27.3 Å². The SMILES string of the molecule is O=C1N(CCS(=O)(=O)c2ccccc2)c2ccccc2C[C@]12N=C(c1ccc(OCCCO)cc1)O[C@@H]2c1ccc(-c2ccccc2)cc1. The van der Waals surface area contributed by atoms with E-state index in [1.54, 1.807) is 35.2 Å². The molecule has 0 unspecified atom stereocenters. The molecule has 2 heterocycles. The fourth-order valence-corrected chi connectivity index (χ4v) is 7.72. The molecule has 49 heavy (non-hydrogen) atoms. The summed E-state index contributed by atoms with van der Waals surface area (Å²) in [6.07, 6.45) is 0.0280. The zero-order valence-electron chi connectivity index (χ0n) is 26.8. The summed E-state index contributed by atoms with van der Waals surface area (Å²) in [6.45, 7) is 0.394. The van der Waals surface area contributed by atoms with Crippen LogP contribution >= 0.6 is 0 Å². The molecule has 0 aromatic heterocycles. The lowest BCUT2D eigenvalue weighted by Crippen LogP contribution is -2.56. The Morgan fingerprint density at radius 1 is 0.796 bits per heavy atom. The minimum Gasteiger partial charge on any atom is -0.494 e. The summed E-state index contributed by atoms with van der Waals surface area (Å²) in [5, 5.41) is 9.10. The molecule has 0 bridgehead atoms. The van der Waals surface area contributed by atoms with Gasteiger partial charge in [-0.15, -0.1) is 0 Å². The second-order valence-electron chi connectivity index (χ2n) is 12.2. The Labute approximate surface area is 286 Å². The number of ether oxygens (including phenoxy) is 2. The first-order chi connectivity index (χ1) is 23.9. The van der Waals surface area contributed by atoms with Crippen molar-refractivity contribution in [2.75, 3.05) is 30.4 Å². The van der Waals surface area contributed by atoms with E-state index < -0.39 is 21.5 Å². The molecule has 2 aliphatic heterocycles. The van der Waals surface area contributed by atoms with Gasteiger partial charge in [0.15, 0.2) is 21.5 Å². The van der Waals surface area contributed by atoms with E-state index in [2.05, 4.69) is 0 Å². The van der Waals surface area contributed by atoms with E-state index in [4.69, 9.17) is 19.6 Å². The summed E-state index contributed by atoms with van der Waals surface area (Å²) in [6, 6.07) is 41.2. The number of rotatable bonds is 11. The van der Waals surface area contributed by atoms with Gasteiger partial charge in [-0.1, -0.05) is 91.0 Å². The molecule has 5 aromatic rings. The topological polar surface area (TPSA) is 106 Å². The fraction of sp³-hybridized carbons (Fsp3) is 0.200. The standard InChI is InChI=1S/C40H36N2O6S/c43-25-9-26-47-34-22-20-32(21-23-34)38-41-40(37(48-38)31-18-16-30(17-19-31)29-10-3-1-4-11-29)28-33-12-7-8-15-36(33)42(39(40)44)24-27-49(45,46)35-13-5-2-6-14-35/h1-8,10-23,37,43H,9,24-28H2/t37-,40-/m1/s1. The molecule has 2 atom stereocenters. The number of anilines is 1. The number of amides is 1. The molecule has 0 saturated carbocycles. The summed E-state index contributed by atoms with van der Waals surface area (Å²) in [5.74, 6) is 0.403. The summed E-state index contributed by atoms with van der Waals surface area (Å²) in [7, 11) is -3.67. The van der Waals surface area contributed by atoms with Crippen LogP contribution in [0, 0.1) is 0 Å². The second-order valence-corrected chi connectivity index (χ2v) is 14.3. The van der Waals surface area contributed by atoms with E-state index in [0.29, 0.717) is 35.9 Å². The summed E-state index contributed by atoms with van der Waals surface area (Å²) in [5.41, 5.74) is 3.74. The normalized spacial score (nSPS) is 18.6.